The Labute approximate surface area is 103 Å². The van der Waals surface area contributed by atoms with Crippen LogP contribution in [0.15, 0.2) is 12.7 Å². The molecule has 0 spiro atoms. The lowest BCUT2D eigenvalue weighted by molar-refractivity contribution is -0.0488. The van der Waals surface area contributed by atoms with E-state index in [0.29, 0.717) is 17.0 Å². The normalized spacial score (nSPS) is 11.3. The Bertz CT molecular complexity index is 511. The van der Waals surface area contributed by atoms with E-state index >= 15 is 0 Å². The van der Waals surface area contributed by atoms with Gasteiger partial charge in [0.05, 0.1) is 19.5 Å². The summed E-state index contributed by atoms with van der Waals surface area (Å²) in [5, 5.41) is 20.7. The lowest BCUT2D eigenvalue weighted by atomic mass is 10.4. The molecule has 0 aliphatic rings. The SMILES string of the molecule is CNc1ncnc2c1ncn2COC(CO)CO. The molecule has 0 bridgehead atoms. The van der Waals surface area contributed by atoms with Crippen LogP contribution >= 0.6 is 0 Å². The van der Waals surface area contributed by atoms with Crippen molar-refractivity contribution in [1.82, 2.24) is 19.5 Å². The van der Waals surface area contributed by atoms with Gasteiger partial charge >= 0.3 is 0 Å². The summed E-state index contributed by atoms with van der Waals surface area (Å²) in [6.07, 6.45) is 2.40. The van der Waals surface area contributed by atoms with Crippen LogP contribution < -0.4 is 5.32 Å². The molecule has 0 radical (unpaired) electrons. The fraction of sp³-hybridized carbons (Fsp3) is 0.500. The molecule has 8 heteroatoms. The van der Waals surface area contributed by atoms with Crippen molar-refractivity contribution >= 4 is 17.0 Å². The molecule has 2 aromatic heterocycles. The van der Waals surface area contributed by atoms with Gasteiger partial charge in [-0.25, -0.2) is 15.0 Å². The Morgan fingerprint density at radius 3 is 2.78 bits per heavy atom. The number of nitrogens with zero attached hydrogens (tertiary/aromatic N) is 4. The predicted octanol–water partition coefficient (Wildman–Crippen LogP) is -0.805. The molecule has 0 saturated heterocycles. The van der Waals surface area contributed by atoms with Crippen LogP contribution in [0, 0.1) is 0 Å². The highest BCUT2D eigenvalue weighted by Crippen LogP contribution is 2.16. The maximum absolute atomic E-state index is 8.90. The van der Waals surface area contributed by atoms with Crippen molar-refractivity contribution in [3.8, 4) is 0 Å². The van der Waals surface area contributed by atoms with Gasteiger partial charge < -0.3 is 20.3 Å². The van der Waals surface area contributed by atoms with E-state index in [4.69, 9.17) is 14.9 Å². The van der Waals surface area contributed by atoms with E-state index in [1.54, 1.807) is 17.9 Å². The molecule has 0 aromatic carbocycles. The summed E-state index contributed by atoms with van der Waals surface area (Å²) >= 11 is 0. The Morgan fingerprint density at radius 1 is 1.33 bits per heavy atom. The minimum atomic E-state index is -0.604. The van der Waals surface area contributed by atoms with Gasteiger partial charge in [-0.2, -0.15) is 0 Å². The number of aliphatic hydroxyl groups excluding tert-OH is 2. The van der Waals surface area contributed by atoms with Gasteiger partial charge in [0.15, 0.2) is 11.5 Å². The molecule has 98 valence electrons. The van der Waals surface area contributed by atoms with E-state index in [-0.39, 0.29) is 19.9 Å². The molecular weight excluding hydrogens is 238 g/mol. The highest BCUT2D eigenvalue weighted by molar-refractivity contribution is 5.82. The molecule has 0 aliphatic heterocycles. The van der Waals surface area contributed by atoms with Crippen LogP contribution in [0.3, 0.4) is 0 Å². The van der Waals surface area contributed by atoms with Crippen molar-refractivity contribution in [1.29, 1.82) is 0 Å². The molecule has 18 heavy (non-hydrogen) atoms. The van der Waals surface area contributed by atoms with E-state index in [2.05, 4.69) is 20.3 Å². The fourth-order valence-electron chi connectivity index (χ4n) is 1.51. The standard InChI is InChI=1S/C10H15N5O3/c1-11-9-8-10(13-4-12-9)15(5-14-8)6-18-7(2-16)3-17/h4-5,7,16-17H,2-3,6H2,1H3,(H,11,12,13). The van der Waals surface area contributed by atoms with Gasteiger partial charge in [-0.1, -0.05) is 0 Å². The van der Waals surface area contributed by atoms with Crippen LogP contribution in [0.2, 0.25) is 0 Å². The summed E-state index contributed by atoms with van der Waals surface area (Å²) in [5.74, 6) is 0.639. The highest BCUT2D eigenvalue weighted by Gasteiger charge is 2.11. The second-order valence-corrected chi connectivity index (χ2v) is 3.64. The van der Waals surface area contributed by atoms with Gasteiger partial charge in [-0.15, -0.1) is 0 Å². The third kappa shape index (κ3) is 2.40. The van der Waals surface area contributed by atoms with Crippen LogP contribution in [-0.4, -0.2) is 56.1 Å². The van der Waals surface area contributed by atoms with E-state index < -0.39 is 6.10 Å². The minimum absolute atomic E-state index is 0.155. The van der Waals surface area contributed by atoms with Crippen LogP contribution in [0.5, 0.6) is 0 Å². The van der Waals surface area contributed by atoms with Crippen molar-refractivity contribution in [2.45, 2.75) is 12.8 Å². The second-order valence-electron chi connectivity index (χ2n) is 3.64. The molecule has 0 atom stereocenters. The Morgan fingerprint density at radius 2 is 2.11 bits per heavy atom. The van der Waals surface area contributed by atoms with Gasteiger partial charge in [0.1, 0.15) is 24.7 Å². The molecule has 2 rings (SSSR count). The number of imidazole rings is 1. The van der Waals surface area contributed by atoms with E-state index in [9.17, 15) is 0 Å². The van der Waals surface area contributed by atoms with Gasteiger partial charge in [0.25, 0.3) is 0 Å². The zero-order valence-corrected chi connectivity index (χ0v) is 9.94. The van der Waals surface area contributed by atoms with E-state index in [1.165, 1.54) is 6.33 Å². The highest BCUT2D eigenvalue weighted by atomic mass is 16.5. The number of anilines is 1. The second kappa shape index (κ2) is 5.71. The lowest BCUT2D eigenvalue weighted by Crippen LogP contribution is -2.23. The number of hydrogen-bond acceptors (Lipinski definition) is 7. The van der Waals surface area contributed by atoms with E-state index in [1.807, 2.05) is 0 Å². The van der Waals surface area contributed by atoms with Crippen LogP contribution in [0.1, 0.15) is 0 Å². The average molecular weight is 253 g/mol. The molecule has 0 saturated carbocycles. The number of ether oxygens (including phenoxy) is 1. The molecule has 8 nitrogen and oxygen atoms in total. The van der Waals surface area contributed by atoms with Gasteiger partial charge in [0.2, 0.25) is 0 Å². The van der Waals surface area contributed by atoms with Crippen LogP contribution in [-0.2, 0) is 11.5 Å². The number of hydrogen-bond donors (Lipinski definition) is 3. The largest absolute Gasteiger partial charge is 0.394 e. The first-order valence-corrected chi connectivity index (χ1v) is 5.47. The van der Waals surface area contributed by atoms with Gasteiger partial charge in [0, 0.05) is 7.05 Å². The Kier molecular flexibility index (Phi) is 4.03. The van der Waals surface area contributed by atoms with Gasteiger partial charge in [-0.3, -0.25) is 4.57 Å². The fourth-order valence-corrected chi connectivity index (χ4v) is 1.51. The summed E-state index contributed by atoms with van der Waals surface area (Å²) in [7, 11) is 1.75. The summed E-state index contributed by atoms with van der Waals surface area (Å²) in [4.78, 5) is 12.4. The van der Waals surface area contributed by atoms with Crippen LogP contribution in [0.25, 0.3) is 11.2 Å². The van der Waals surface area contributed by atoms with Gasteiger partial charge in [-0.05, 0) is 0 Å². The Hall–Kier alpha value is -1.77. The van der Waals surface area contributed by atoms with Crippen molar-refractivity contribution in [3.05, 3.63) is 12.7 Å². The van der Waals surface area contributed by atoms with Crippen molar-refractivity contribution < 1.29 is 14.9 Å². The molecule has 0 fully saturated rings. The molecule has 2 heterocycles. The van der Waals surface area contributed by atoms with Crippen LogP contribution in [0.4, 0.5) is 5.82 Å². The molecule has 0 amide bonds. The maximum Gasteiger partial charge on any atom is 0.167 e. The molecule has 3 N–H and O–H groups in total. The number of aliphatic hydroxyl groups is 2. The van der Waals surface area contributed by atoms with Crippen molar-refractivity contribution in [3.63, 3.8) is 0 Å². The van der Waals surface area contributed by atoms with Crippen molar-refractivity contribution in [2.75, 3.05) is 25.6 Å². The molecular formula is C10H15N5O3. The first-order valence-electron chi connectivity index (χ1n) is 5.47. The first-order chi connectivity index (χ1) is 8.80. The predicted molar refractivity (Wildman–Crippen MR) is 63.9 cm³/mol. The first kappa shape index (κ1) is 12.7. The lowest BCUT2D eigenvalue weighted by Gasteiger charge is -2.12. The monoisotopic (exact) mass is 253 g/mol. The quantitative estimate of drug-likeness (QED) is 0.618. The molecule has 0 unspecified atom stereocenters. The smallest absolute Gasteiger partial charge is 0.167 e. The number of fused-ring (bicyclic) bond motifs is 1. The Balaban J connectivity index is 2.19. The summed E-state index contributed by atoms with van der Waals surface area (Å²) in [6, 6.07) is 0. The topological polar surface area (TPSA) is 105 Å². The third-order valence-electron chi connectivity index (χ3n) is 2.49. The summed E-state index contributed by atoms with van der Waals surface area (Å²) in [6.45, 7) is -0.317. The van der Waals surface area contributed by atoms with E-state index in [0.717, 1.165) is 0 Å². The zero-order chi connectivity index (χ0) is 13.0. The minimum Gasteiger partial charge on any atom is -0.394 e. The molecule has 0 aliphatic carbocycles. The molecule has 2 aromatic rings. The number of aromatic nitrogens is 4. The third-order valence-corrected chi connectivity index (χ3v) is 2.49. The summed E-state index contributed by atoms with van der Waals surface area (Å²) < 4.78 is 6.99. The summed E-state index contributed by atoms with van der Waals surface area (Å²) in [5.41, 5.74) is 1.28. The van der Waals surface area contributed by atoms with Crippen molar-refractivity contribution in [2.24, 2.45) is 0 Å². The average Bonchev–Trinajstić information content (AvgIpc) is 2.83. The maximum atomic E-state index is 8.90. The number of rotatable bonds is 6. The number of nitrogens with one attached hydrogen (secondary N) is 1. The zero-order valence-electron chi connectivity index (χ0n) is 9.94.